The van der Waals surface area contributed by atoms with E-state index in [2.05, 4.69) is 24.4 Å². The summed E-state index contributed by atoms with van der Waals surface area (Å²) >= 11 is 0. The number of nitro benzene ring substituents is 1. The Morgan fingerprint density at radius 2 is 1.85 bits per heavy atom. The number of ether oxygens (including phenoxy) is 4. The number of hydrogen-bond donors (Lipinski definition) is 2. The number of fused-ring (bicyclic) bond motifs is 2. The highest BCUT2D eigenvalue weighted by Crippen LogP contribution is 2.62. The Morgan fingerprint density at radius 1 is 1.09 bits per heavy atom. The molecule has 0 spiro atoms. The van der Waals surface area contributed by atoms with E-state index in [-0.39, 0.29) is 56.3 Å². The molecule has 0 bridgehead atoms. The first-order valence-electron chi connectivity index (χ1n) is 18.3. The first-order valence-corrected chi connectivity index (χ1v) is 18.3. The number of nitrogens with zero attached hydrogens (tertiary/aromatic N) is 3. The van der Waals surface area contributed by atoms with Gasteiger partial charge in [0.15, 0.2) is 0 Å². The zero-order chi connectivity index (χ0) is 38.0. The number of nitro groups is 1. The second kappa shape index (κ2) is 18.4. The molecule has 1 heterocycles. The fourth-order valence-corrected chi connectivity index (χ4v) is 8.16. The number of aliphatic hydroxyl groups excluding tert-OH is 2. The summed E-state index contributed by atoms with van der Waals surface area (Å²) in [6.45, 7) is 8.10. The molecule has 0 radical (unpaired) electrons. The second-order valence-corrected chi connectivity index (χ2v) is 13.6. The van der Waals surface area contributed by atoms with Gasteiger partial charge >= 0.3 is 6.09 Å². The molecule has 1 amide bonds. The van der Waals surface area contributed by atoms with Crippen molar-refractivity contribution >= 4 is 17.5 Å². The molecule has 53 heavy (non-hydrogen) atoms. The van der Waals surface area contributed by atoms with Gasteiger partial charge in [-0.05, 0) is 73.8 Å². The van der Waals surface area contributed by atoms with Crippen molar-refractivity contribution in [2.75, 3.05) is 40.6 Å². The summed E-state index contributed by atoms with van der Waals surface area (Å²) in [7, 11) is 3.16. The van der Waals surface area contributed by atoms with Crippen molar-refractivity contribution in [3.05, 3.63) is 95.1 Å². The molecule has 286 valence electrons. The average molecular weight is 734 g/mol. The number of amides is 1. The summed E-state index contributed by atoms with van der Waals surface area (Å²) < 4.78 is 25.8. The Morgan fingerprint density at radius 3 is 2.55 bits per heavy atom. The second-order valence-electron chi connectivity index (χ2n) is 13.6. The summed E-state index contributed by atoms with van der Waals surface area (Å²) in [4.78, 5) is 31.6. The van der Waals surface area contributed by atoms with E-state index in [1.807, 2.05) is 12.1 Å². The van der Waals surface area contributed by atoms with Gasteiger partial charge in [0.25, 0.3) is 5.69 Å². The lowest BCUT2D eigenvalue weighted by Gasteiger charge is -2.59. The first kappa shape index (κ1) is 39.5. The molecule has 6 atom stereocenters. The molecule has 2 N–H and O–H groups in total. The smallest absolute Gasteiger partial charge is 0.409 e. The van der Waals surface area contributed by atoms with E-state index >= 15 is 0 Å². The first-order chi connectivity index (χ1) is 25.7. The molecule has 1 fully saturated rings. The summed E-state index contributed by atoms with van der Waals surface area (Å²) in [6.07, 6.45) is 10.2. The third kappa shape index (κ3) is 8.58. The zero-order valence-corrected chi connectivity index (χ0v) is 30.6. The van der Waals surface area contributed by atoms with Crippen molar-refractivity contribution in [2.45, 2.75) is 69.1 Å². The highest BCUT2D eigenvalue weighted by Gasteiger charge is 2.65. The predicted molar refractivity (Wildman–Crippen MR) is 199 cm³/mol. The van der Waals surface area contributed by atoms with Crippen LogP contribution >= 0.6 is 0 Å². The molecule has 5 rings (SSSR count). The summed E-state index contributed by atoms with van der Waals surface area (Å²) in [5.74, 6) is -0.758. The maximum Gasteiger partial charge on any atom is 0.409 e. The van der Waals surface area contributed by atoms with Crippen LogP contribution in [0.5, 0.6) is 17.2 Å². The van der Waals surface area contributed by atoms with Crippen molar-refractivity contribution in [2.24, 2.45) is 22.9 Å². The number of likely N-dealkylation sites (N-methyl/N-ethyl adjacent to an activating group) is 1. The summed E-state index contributed by atoms with van der Waals surface area (Å²) in [6, 6.07) is 10.8. The molecule has 2 aromatic carbocycles. The van der Waals surface area contributed by atoms with Gasteiger partial charge in [-0.1, -0.05) is 42.3 Å². The Kier molecular flexibility index (Phi) is 13.7. The van der Waals surface area contributed by atoms with Gasteiger partial charge in [-0.25, -0.2) is 4.79 Å². The van der Waals surface area contributed by atoms with E-state index in [1.165, 1.54) is 24.1 Å². The molecule has 2 aromatic rings. The number of hydrogen-bond acceptors (Lipinski definition) is 11. The van der Waals surface area contributed by atoms with Gasteiger partial charge in [0.05, 0.1) is 35.8 Å². The Labute approximate surface area is 310 Å². The standard InChI is InChI=1S/C40H51N3O10/c1-5-7-22-50-39(46)42(3)36-26-34(41-49-4)32-23-27(13-8-10-19-44)31(16-9-11-20-45)37-33-25-30(52-29-15-12-14-28(24-29)43(47)48)17-18-35(33)53-40(36,38(32)37)51-21-6-2/h5-6,12,14-15,17-18,23-25,27,31,36-38,44-45H,1-2,7-11,13,16,19-22,26H2,3-4H3/t27-,31+,36-,37+,38+,40+/m0/s1. The van der Waals surface area contributed by atoms with Crippen LogP contribution in [0.3, 0.4) is 0 Å². The topological polar surface area (TPSA) is 162 Å². The molecule has 3 aliphatic rings. The average Bonchev–Trinajstić information content (AvgIpc) is 3.15. The lowest BCUT2D eigenvalue weighted by Crippen LogP contribution is -2.69. The van der Waals surface area contributed by atoms with E-state index in [4.69, 9.17) is 23.8 Å². The molecule has 0 unspecified atom stereocenters. The molecule has 1 aliphatic heterocycles. The van der Waals surface area contributed by atoms with E-state index in [9.17, 15) is 25.1 Å². The quantitative estimate of drug-likeness (QED) is 0.0649. The van der Waals surface area contributed by atoms with Crippen molar-refractivity contribution in [3.63, 3.8) is 0 Å². The van der Waals surface area contributed by atoms with Gasteiger partial charge < -0.3 is 38.9 Å². The Hall–Kier alpha value is -4.72. The van der Waals surface area contributed by atoms with Gasteiger partial charge in [0, 0.05) is 44.2 Å². The lowest BCUT2D eigenvalue weighted by molar-refractivity contribution is -0.384. The predicted octanol–water partition coefficient (Wildman–Crippen LogP) is 7.30. The lowest BCUT2D eigenvalue weighted by atomic mass is 9.55. The Balaban J connectivity index is 1.72. The van der Waals surface area contributed by atoms with Crippen LogP contribution in [0, 0.1) is 27.9 Å². The van der Waals surface area contributed by atoms with E-state index in [1.54, 1.807) is 37.4 Å². The van der Waals surface area contributed by atoms with Crippen molar-refractivity contribution in [1.29, 1.82) is 0 Å². The van der Waals surface area contributed by atoms with Crippen LogP contribution in [0.2, 0.25) is 0 Å². The third-order valence-corrected chi connectivity index (χ3v) is 10.4. The van der Waals surface area contributed by atoms with Crippen LogP contribution in [-0.2, 0) is 14.3 Å². The zero-order valence-electron chi connectivity index (χ0n) is 30.6. The summed E-state index contributed by atoms with van der Waals surface area (Å²) in [5, 5.41) is 35.5. The van der Waals surface area contributed by atoms with Crippen LogP contribution in [-0.4, -0.2) is 84.3 Å². The number of carbonyl (C=O) groups is 1. The summed E-state index contributed by atoms with van der Waals surface area (Å²) in [5.41, 5.74) is 2.33. The number of carbonyl (C=O) groups excluding carboxylic acids is 1. The number of allylic oxidation sites excluding steroid dienone is 1. The minimum Gasteiger partial charge on any atom is -0.459 e. The SMILES string of the molecule is C=CCCOC(=O)N(C)[C@H]1CC(=NOC)C2=C[C@H](CCCCO)[C@@H](CCCCO)[C@@H]3c4cc(Oc5cccc([N+](=O)[O-])c5)ccc4O[C@@]1(OCC=C)[C@H]23. The van der Waals surface area contributed by atoms with Crippen LogP contribution in [0.15, 0.2) is 84.6 Å². The Bertz CT molecular complexity index is 1680. The van der Waals surface area contributed by atoms with Gasteiger partial charge in [-0.15, -0.1) is 13.2 Å². The van der Waals surface area contributed by atoms with Crippen LogP contribution in [0.25, 0.3) is 0 Å². The van der Waals surface area contributed by atoms with Crippen LogP contribution in [0.1, 0.15) is 62.8 Å². The van der Waals surface area contributed by atoms with E-state index in [0.717, 1.165) is 36.8 Å². The van der Waals surface area contributed by atoms with Crippen LogP contribution < -0.4 is 9.47 Å². The van der Waals surface area contributed by atoms with Gasteiger partial charge in [0.1, 0.15) is 30.4 Å². The molecular weight excluding hydrogens is 682 g/mol. The van der Waals surface area contributed by atoms with Crippen molar-refractivity contribution in [3.8, 4) is 17.2 Å². The highest BCUT2D eigenvalue weighted by atomic mass is 16.7. The number of non-ortho nitro benzene ring substituents is 1. The molecule has 1 saturated carbocycles. The fraction of sp³-hybridized carbons (Fsp3) is 0.500. The molecule has 2 aliphatic carbocycles. The number of oxime groups is 1. The highest BCUT2D eigenvalue weighted by molar-refractivity contribution is 6.02. The van der Waals surface area contributed by atoms with Crippen molar-refractivity contribution < 1.29 is 43.7 Å². The van der Waals surface area contributed by atoms with Gasteiger partial charge in [-0.3, -0.25) is 10.1 Å². The van der Waals surface area contributed by atoms with E-state index < -0.39 is 28.8 Å². The number of benzene rings is 2. The number of unbranched alkanes of at least 4 members (excludes halogenated alkanes) is 2. The molecule has 13 heteroatoms. The number of aliphatic hydroxyl groups is 2. The van der Waals surface area contributed by atoms with Crippen molar-refractivity contribution in [1.82, 2.24) is 4.90 Å². The van der Waals surface area contributed by atoms with Gasteiger partial charge in [-0.2, -0.15) is 0 Å². The number of rotatable bonds is 19. The fourth-order valence-electron chi connectivity index (χ4n) is 8.16. The largest absolute Gasteiger partial charge is 0.459 e. The molecular formula is C40H51N3O10. The minimum absolute atomic E-state index is 0.0174. The molecule has 0 saturated heterocycles. The normalized spacial score (nSPS) is 24.9. The molecule has 13 nitrogen and oxygen atoms in total. The molecule has 0 aromatic heterocycles. The van der Waals surface area contributed by atoms with E-state index in [0.29, 0.717) is 42.2 Å². The van der Waals surface area contributed by atoms with Crippen LogP contribution in [0.4, 0.5) is 10.5 Å². The monoisotopic (exact) mass is 733 g/mol. The maximum absolute atomic E-state index is 13.6. The minimum atomic E-state index is -1.41. The maximum atomic E-state index is 13.6. The third-order valence-electron chi connectivity index (χ3n) is 10.4. The van der Waals surface area contributed by atoms with Gasteiger partial charge in [0.2, 0.25) is 5.79 Å².